The Kier molecular flexibility index (Phi) is 4.49. The Hall–Kier alpha value is -1.79. The summed E-state index contributed by atoms with van der Waals surface area (Å²) < 4.78 is 3.76. The van der Waals surface area contributed by atoms with Crippen LogP contribution in [0.3, 0.4) is 0 Å². The Morgan fingerprint density at radius 2 is 2.00 bits per heavy atom. The third-order valence-electron chi connectivity index (χ3n) is 4.10. The molecule has 22 heavy (non-hydrogen) atoms. The summed E-state index contributed by atoms with van der Waals surface area (Å²) in [6.07, 6.45) is 5.04. The fraction of sp³-hybridized carbons (Fsp3) is 0.438. The predicted molar refractivity (Wildman–Crippen MR) is 84.5 cm³/mol. The molecular weight excluding hydrogens is 298 g/mol. The lowest BCUT2D eigenvalue weighted by molar-refractivity contribution is 0.00803. The fourth-order valence-corrected chi connectivity index (χ4v) is 3.45. The van der Waals surface area contributed by atoms with Crippen molar-refractivity contribution in [2.24, 2.45) is 0 Å². The van der Waals surface area contributed by atoms with Gasteiger partial charge in [-0.05, 0) is 29.9 Å². The Morgan fingerprint density at radius 1 is 1.27 bits per heavy atom. The number of aliphatic hydroxyl groups is 1. The number of nitrogens with zero attached hydrogens (tertiary/aromatic N) is 3. The van der Waals surface area contributed by atoms with Crippen molar-refractivity contribution in [3.63, 3.8) is 0 Å². The lowest BCUT2D eigenvalue weighted by atomic mass is 10.0. The van der Waals surface area contributed by atoms with E-state index in [9.17, 15) is 9.90 Å². The van der Waals surface area contributed by atoms with Gasteiger partial charge in [0.15, 0.2) is 0 Å². The monoisotopic (exact) mass is 317 g/mol. The van der Waals surface area contributed by atoms with Gasteiger partial charge in [-0.25, -0.2) is 0 Å². The number of hydrogen-bond acceptors (Lipinski definition) is 5. The molecule has 1 aliphatic carbocycles. The van der Waals surface area contributed by atoms with Crippen molar-refractivity contribution in [3.8, 4) is 0 Å². The first kappa shape index (κ1) is 15.1. The SMILES string of the molecule is O=C(c1cnns1)N(Cc1ccccc1)CC1(O)CCCC1. The number of rotatable bonds is 5. The molecule has 1 fully saturated rings. The van der Waals surface area contributed by atoms with Gasteiger partial charge in [0.05, 0.1) is 18.3 Å². The molecule has 5 nitrogen and oxygen atoms in total. The van der Waals surface area contributed by atoms with Gasteiger partial charge in [-0.2, -0.15) is 0 Å². The summed E-state index contributed by atoms with van der Waals surface area (Å²) >= 11 is 1.09. The van der Waals surface area contributed by atoms with Crippen LogP contribution in [0.4, 0.5) is 0 Å². The van der Waals surface area contributed by atoms with Gasteiger partial charge in [-0.15, -0.1) is 5.10 Å². The number of carbonyl (C=O) groups excluding carboxylic acids is 1. The van der Waals surface area contributed by atoms with E-state index in [4.69, 9.17) is 0 Å². The average Bonchev–Trinajstić information content (AvgIpc) is 3.19. The van der Waals surface area contributed by atoms with E-state index in [1.165, 1.54) is 6.20 Å². The number of hydrogen-bond donors (Lipinski definition) is 1. The van der Waals surface area contributed by atoms with Gasteiger partial charge in [-0.1, -0.05) is 47.7 Å². The van der Waals surface area contributed by atoms with Crippen molar-refractivity contribution >= 4 is 17.4 Å². The highest BCUT2D eigenvalue weighted by molar-refractivity contribution is 7.07. The van der Waals surface area contributed by atoms with E-state index in [0.29, 0.717) is 18.0 Å². The maximum atomic E-state index is 12.7. The zero-order valence-corrected chi connectivity index (χ0v) is 13.1. The molecule has 1 saturated carbocycles. The van der Waals surface area contributed by atoms with Crippen LogP contribution in [0, 0.1) is 0 Å². The molecule has 0 atom stereocenters. The van der Waals surface area contributed by atoms with E-state index in [1.807, 2.05) is 30.3 Å². The minimum Gasteiger partial charge on any atom is -0.388 e. The predicted octanol–water partition coefficient (Wildman–Crippen LogP) is 2.49. The van der Waals surface area contributed by atoms with Crippen molar-refractivity contribution in [2.75, 3.05) is 6.54 Å². The Labute approximate surface area is 133 Å². The molecule has 0 unspecified atom stereocenters. The van der Waals surface area contributed by atoms with Crippen LogP contribution >= 0.6 is 11.5 Å². The van der Waals surface area contributed by atoms with Crippen LogP contribution in [0.5, 0.6) is 0 Å². The second kappa shape index (κ2) is 6.54. The molecule has 2 aromatic rings. The first-order chi connectivity index (χ1) is 10.7. The van der Waals surface area contributed by atoms with Crippen molar-refractivity contribution in [1.82, 2.24) is 14.5 Å². The van der Waals surface area contributed by atoms with Gasteiger partial charge in [0.25, 0.3) is 5.91 Å². The zero-order valence-electron chi connectivity index (χ0n) is 12.3. The van der Waals surface area contributed by atoms with Gasteiger partial charge in [0, 0.05) is 6.54 Å². The molecule has 3 rings (SSSR count). The molecule has 1 amide bonds. The molecule has 1 aromatic heterocycles. The maximum absolute atomic E-state index is 12.7. The Bertz CT molecular complexity index is 610. The third kappa shape index (κ3) is 3.51. The average molecular weight is 317 g/mol. The van der Waals surface area contributed by atoms with E-state index < -0.39 is 5.60 Å². The van der Waals surface area contributed by atoms with Crippen molar-refractivity contribution in [1.29, 1.82) is 0 Å². The summed E-state index contributed by atoms with van der Waals surface area (Å²) in [6.45, 7) is 0.846. The topological polar surface area (TPSA) is 66.3 Å². The molecule has 0 aliphatic heterocycles. The molecule has 0 spiro atoms. The molecule has 116 valence electrons. The van der Waals surface area contributed by atoms with Gasteiger partial charge in [0.2, 0.25) is 0 Å². The quantitative estimate of drug-likeness (QED) is 0.920. The highest BCUT2D eigenvalue weighted by Gasteiger charge is 2.35. The highest BCUT2D eigenvalue weighted by Crippen LogP contribution is 2.31. The third-order valence-corrected chi connectivity index (χ3v) is 4.75. The second-order valence-corrected chi connectivity index (χ2v) is 6.65. The second-order valence-electron chi connectivity index (χ2n) is 5.86. The van der Waals surface area contributed by atoms with Gasteiger partial charge < -0.3 is 10.0 Å². The molecule has 1 aliphatic rings. The van der Waals surface area contributed by atoms with Crippen LogP contribution in [-0.4, -0.2) is 37.6 Å². The lowest BCUT2D eigenvalue weighted by Gasteiger charge is -2.31. The summed E-state index contributed by atoms with van der Waals surface area (Å²) in [5.41, 5.74) is 0.290. The fourth-order valence-electron chi connectivity index (χ4n) is 2.97. The van der Waals surface area contributed by atoms with E-state index in [2.05, 4.69) is 9.59 Å². The zero-order chi connectivity index (χ0) is 15.4. The summed E-state index contributed by atoms with van der Waals surface area (Å²) in [7, 11) is 0. The van der Waals surface area contributed by atoms with Crippen LogP contribution in [0.25, 0.3) is 0 Å². The molecular formula is C16H19N3O2S. The van der Waals surface area contributed by atoms with Gasteiger partial charge >= 0.3 is 0 Å². The lowest BCUT2D eigenvalue weighted by Crippen LogP contribution is -2.43. The van der Waals surface area contributed by atoms with Gasteiger partial charge in [-0.3, -0.25) is 4.79 Å². The first-order valence-corrected chi connectivity index (χ1v) is 8.27. The molecule has 0 saturated heterocycles. The molecule has 0 radical (unpaired) electrons. The number of aromatic nitrogens is 2. The van der Waals surface area contributed by atoms with Gasteiger partial charge in [0.1, 0.15) is 4.88 Å². The van der Waals surface area contributed by atoms with E-state index in [0.717, 1.165) is 42.8 Å². The molecule has 1 N–H and O–H groups in total. The summed E-state index contributed by atoms with van der Waals surface area (Å²) in [6, 6.07) is 9.84. The van der Waals surface area contributed by atoms with Crippen molar-refractivity contribution in [2.45, 2.75) is 37.8 Å². The molecule has 1 heterocycles. The summed E-state index contributed by atoms with van der Waals surface area (Å²) in [4.78, 5) is 14.9. The largest absolute Gasteiger partial charge is 0.388 e. The summed E-state index contributed by atoms with van der Waals surface area (Å²) in [5, 5.41) is 14.4. The Morgan fingerprint density at radius 3 is 2.64 bits per heavy atom. The molecule has 1 aromatic carbocycles. The van der Waals surface area contributed by atoms with E-state index in [1.54, 1.807) is 4.90 Å². The smallest absolute Gasteiger partial charge is 0.267 e. The standard InChI is InChI=1S/C16H19N3O2S/c20-15(14-10-17-18-22-14)19(11-13-6-2-1-3-7-13)12-16(21)8-4-5-9-16/h1-3,6-7,10,21H,4-5,8-9,11-12H2. The van der Waals surface area contributed by atoms with Crippen LogP contribution in [0.2, 0.25) is 0 Å². The molecule has 6 heteroatoms. The van der Waals surface area contributed by atoms with E-state index in [-0.39, 0.29) is 5.91 Å². The van der Waals surface area contributed by atoms with Crippen LogP contribution in [-0.2, 0) is 6.54 Å². The van der Waals surface area contributed by atoms with Crippen LogP contribution < -0.4 is 0 Å². The maximum Gasteiger partial charge on any atom is 0.267 e. The van der Waals surface area contributed by atoms with Crippen LogP contribution in [0.15, 0.2) is 36.5 Å². The first-order valence-electron chi connectivity index (χ1n) is 7.49. The normalized spacial score (nSPS) is 16.6. The number of benzene rings is 1. The summed E-state index contributed by atoms with van der Waals surface area (Å²) in [5.74, 6) is -0.112. The van der Waals surface area contributed by atoms with Crippen LogP contribution in [0.1, 0.15) is 40.9 Å². The van der Waals surface area contributed by atoms with E-state index >= 15 is 0 Å². The Balaban J connectivity index is 1.80. The minimum absolute atomic E-state index is 0.112. The number of carbonyl (C=O) groups is 1. The number of amides is 1. The minimum atomic E-state index is -0.761. The molecule has 0 bridgehead atoms. The highest BCUT2D eigenvalue weighted by atomic mass is 32.1. The van der Waals surface area contributed by atoms with Crippen molar-refractivity contribution < 1.29 is 9.90 Å². The van der Waals surface area contributed by atoms with Crippen molar-refractivity contribution in [3.05, 3.63) is 47.0 Å².